The highest BCUT2D eigenvalue weighted by Crippen LogP contribution is 2.31. The van der Waals surface area contributed by atoms with Gasteiger partial charge in [0, 0.05) is 8.95 Å². The molecule has 3 heteroatoms. The number of halogens is 2. The van der Waals surface area contributed by atoms with Crippen molar-refractivity contribution in [2.45, 2.75) is 6.61 Å². The maximum absolute atomic E-state index is 9.50. The van der Waals surface area contributed by atoms with E-state index < -0.39 is 0 Å². The second kappa shape index (κ2) is 4.65. The van der Waals surface area contributed by atoms with Gasteiger partial charge >= 0.3 is 0 Å². The molecule has 0 atom stereocenters. The molecule has 0 unspecified atom stereocenters. The largest absolute Gasteiger partial charge is 0.392 e. The van der Waals surface area contributed by atoms with E-state index in [1.54, 1.807) is 0 Å². The monoisotopic (exact) mass is 364 g/mol. The number of hydrogen-bond donors (Lipinski definition) is 1. The lowest BCUT2D eigenvalue weighted by Crippen LogP contribution is -1.88. The first-order valence-corrected chi connectivity index (χ1v) is 7.19. The van der Waals surface area contributed by atoms with Crippen LogP contribution in [0.4, 0.5) is 0 Å². The van der Waals surface area contributed by atoms with Crippen LogP contribution in [0.5, 0.6) is 0 Å². The zero-order valence-corrected chi connectivity index (χ0v) is 12.6. The fraction of sp³-hybridized carbons (Fsp3) is 0.0667. The van der Waals surface area contributed by atoms with Crippen molar-refractivity contribution in [3.8, 4) is 0 Å². The molecule has 1 N–H and O–H groups in total. The second-order valence-corrected chi connectivity index (χ2v) is 6.02. The molecule has 0 radical (unpaired) electrons. The Morgan fingerprint density at radius 2 is 1.61 bits per heavy atom. The number of rotatable bonds is 1. The van der Waals surface area contributed by atoms with Gasteiger partial charge in [0.1, 0.15) is 0 Å². The van der Waals surface area contributed by atoms with E-state index >= 15 is 0 Å². The summed E-state index contributed by atoms with van der Waals surface area (Å²) < 4.78 is 2.03. The molecule has 90 valence electrons. The van der Waals surface area contributed by atoms with Crippen LogP contribution in [0.1, 0.15) is 5.56 Å². The van der Waals surface area contributed by atoms with E-state index in [1.165, 1.54) is 10.8 Å². The van der Waals surface area contributed by atoms with Gasteiger partial charge in [-0.25, -0.2) is 0 Å². The predicted octanol–water partition coefficient (Wildman–Crippen LogP) is 5.01. The lowest BCUT2D eigenvalue weighted by molar-refractivity contribution is 0.282. The van der Waals surface area contributed by atoms with Crippen molar-refractivity contribution in [3.63, 3.8) is 0 Å². The molecule has 3 aromatic rings. The highest BCUT2D eigenvalue weighted by molar-refractivity contribution is 9.10. The van der Waals surface area contributed by atoms with Crippen LogP contribution in [-0.2, 0) is 6.61 Å². The minimum absolute atomic E-state index is 0.0416. The minimum atomic E-state index is 0.0416. The molecular weight excluding hydrogens is 356 g/mol. The summed E-state index contributed by atoms with van der Waals surface area (Å²) in [4.78, 5) is 0. The van der Waals surface area contributed by atoms with Gasteiger partial charge in [0.15, 0.2) is 0 Å². The highest BCUT2D eigenvalue weighted by Gasteiger charge is 2.06. The van der Waals surface area contributed by atoms with Crippen LogP contribution < -0.4 is 0 Å². The van der Waals surface area contributed by atoms with E-state index in [9.17, 15) is 5.11 Å². The topological polar surface area (TPSA) is 20.2 Å². The Morgan fingerprint density at radius 1 is 0.833 bits per heavy atom. The van der Waals surface area contributed by atoms with Crippen molar-refractivity contribution in [1.82, 2.24) is 0 Å². The molecule has 0 saturated carbocycles. The molecule has 3 aromatic carbocycles. The van der Waals surface area contributed by atoms with E-state index in [4.69, 9.17) is 0 Å². The molecule has 0 bridgehead atoms. The lowest BCUT2D eigenvalue weighted by Gasteiger charge is -2.08. The molecule has 0 spiro atoms. The number of hydrogen-bond acceptors (Lipinski definition) is 1. The summed E-state index contributed by atoms with van der Waals surface area (Å²) in [6.45, 7) is 0.0416. The van der Waals surface area contributed by atoms with Crippen LogP contribution >= 0.6 is 31.9 Å². The molecule has 0 heterocycles. The van der Waals surface area contributed by atoms with Crippen LogP contribution in [0.25, 0.3) is 21.5 Å². The van der Waals surface area contributed by atoms with Gasteiger partial charge in [-0.2, -0.15) is 0 Å². The Balaban J connectivity index is 2.44. The Morgan fingerprint density at radius 3 is 2.39 bits per heavy atom. The average molecular weight is 366 g/mol. The molecule has 3 rings (SSSR count). The lowest BCUT2D eigenvalue weighted by atomic mass is 10.00. The molecule has 18 heavy (non-hydrogen) atoms. The number of aliphatic hydroxyl groups excluding tert-OH is 1. The van der Waals surface area contributed by atoms with Crippen molar-refractivity contribution in [1.29, 1.82) is 0 Å². The van der Waals surface area contributed by atoms with Gasteiger partial charge in [0.25, 0.3) is 0 Å². The van der Waals surface area contributed by atoms with Crippen LogP contribution in [0.2, 0.25) is 0 Å². The quantitative estimate of drug-likeness (QED) is 0.601. The van der Waals surface area contributed by atoms with E-state index in [0.29, 0.717) is 0 Å². The summed E-state index contributed by atoms with van der Waals surface area (Å²) in [5.41, 5.74) is 0.942. The first kappa shape index (κ1) is 12.2. The maximum Gasteiger partial charge on any atom is 0.0698 e. The van der Waals surface area contributed by atoms with Gasteiger partial charge in [0.2, 0.25) is 0 Å². The molecule has 1 nitrogen and oxygen atoms in total. The molecule has 0 aliphatic rings. The van der Waals surface area contributed by atoms with Gasteiger partial charge in [-0.3, -0.25) is 0 Å². The second-order valence-electron chi connectivity index (χ2n) is 4.25. The first-order valence-electron chi connectivity index (χ1n) is 5.60. The fourth-order valence-corrected chi connectivity index (χ4v) is 3.09. The summed E-state index contributed by atoms with van der Waals surface area (Å²) in [7, 11) is 0. The minimum Gasteiger partial charge on any atom is -0.392 e. The zero-order chi connectivity index (χ0) is 12.7. The molecule has 0 aromatic heterocycles. The summed E-state index contributed by atoms with van der Waals surface area (Å²) in [5, 5.41) is 14.1. The Hall–Kier alpha value is -0.900. The van der Waals surface area contributed by atoms with Gasteiger partial charge < -0.3 is 5.11 Å². The summed E-state index contributed by atoms with van der Waals surface area (Å²) in [5.74, 6) is 0. The number of aliphatic hydroxyl groups is 1. The van der Waals surface area contributed by atoms with Crippen molar-refractivity contribution >= 4 is 53.4 Å². The molecule has 0 aliphatic heterocycles. The summed E-state index contributed by atoms with van der Waals surface area (Å²) >= 11 is 6.97. The van der Waals surface area contributed by atoms with Crippen LogP contribution in [0.3, 0.4) is 0 Å². The third kappa shape index (κ3) is 1.96. The SMILES string of the molecule is OCc1c(Br)ccc2cc3cc(Br)ccc3cc12. The van der Waals surface area contributed by atoms with Gasteiger partial charge in [-0.05, 0) is 57.4 Å². The number of fused-ring (bicyclic) bond motifs is 2. The Kier molecular flexibility index (Phi) is 3.14. The van der Waals surface area contributed by atoms with E-state index in [-0.39, 0.29) is 6.61 Å². The average Bonchev–Trinajstić information content (AvgIpc) is 2.36. The molecule has 0 amide bonds. The number of benzene rings is 3. The van der Waals surface area contributed by atoms with Crippen molar-refractivity contribution in [2.24, 2.45) is 0 Å². The molecule has 0 saturated heterocycles. The Bertz CT molecular complexity index is 750. The van der Waals surface area contributed by atoms with Crippen molar-refractivity contribution in [2.75, 3.05) is 0 Å². The molecule has 0 fully saturated rings. The van der Waals surface area contributed by atoms with Gasteiger partial charge in [-0.15, -0.1) is 0 Å². The van der Waals surface area contributed by atoms with E-state index in [2.05, 4.69) is 62.2 Å². The maximum atomic E-state index is 9.50. The summed E-state index contributed by atoms with van der Waals surface area (Å²) in [6.07, 6.45) is 0. The van der Waals surface area contributed by atoms with Crippen LogP contribution in [0.15, 0.2) is 51.4 Å². The molecule has 0 aliphatic carbocycles. The predicted molar refractivity (Wildman–Crippen MR) is 82.8 cm³/mol. The van der Waals surface area contributed by atoms with E-state index in [1.807, 2.05) is 12.1 Å². The zero-order valence-electron chi connectivity index (χ0n) is 9.45. The smallest absolute Gasteiger partial charge is 0.0698 e. The molecular formula is C15H10Br2O. The van der Waals surface area contributed by atoms with Crippen molar-refractivity contribution < 1.29 is 5.11 Å². The Labute approximate surface area is 122 Å². The third-order valence-corrected chi connectivity index (χ3v) is 4.39. The normalized spacial score (nSPS) is 11.3. The van der Waals surface area contributed by atoms with Gasteiger partial charge in [-0.1, -0.05) is 44.0 Å². The fourth-order valence-electron chi connectivity index (χ4n) is 2.24. The van der Waals surface area contributed by atoms with Crippen LogP contribution in [0, 0.1) is 0 Å². The first-order chi connectivity index (χ1) is 8.69. The van der Waals surface area contributed by atoms with Gasteiger partial charge in [0.05, 0.1) is 6.61 Å². The third-order valence-electron chi connectivity index (χ3n) is 3.15. The van der Waals surface area contributed by atoms with Crippen molar-refractivity contribution in [3.05, 3.63) is 57.0 Å². The van der Waals surface area contributed by atoms with Crippen LogP contribution in [-0.4, -0.2) is 5.11 Å². The van der Waals surface area contributed by atoms with E-state index in [0.717, 1.165) is 25.3 Å². The highest BCUT2D eigenvalue weighted by atomic mass is 79.9. The standard InChI is InChI=1S/C15H10Br2O/c16-12-3-1-9-7-13-10(5-11(9)6-12)2-4-15(17)14(13)8-18/h1-7,18H,8H2. The summed E-state index contributed by atoms with van der Waals surface area (Å²) in [6, 6.07) is 14.6.